The van der Waals surface area contributed by atoms with Crippen LogP contribution in [-0.4, -0.2) is 11.7 Å². The first-order valence-electron chi connectivity index (χ1n) is 5.82. The van der Waals surface area contributed by atoms with Crippen LogP contribution in [0, 0.1) is 6.92 Å². The third-order valence-electron chi connectivity index (χ3n) is 3.29. The van der Waals surface area contributed by atoms with Crippen LogP contribution in [-0.2, 0) is 0 Å². The first-order valence-corrected chi connectivity index (χ1v) is 7.43. The van der Waals surface area contributed by atoms with Crippen LogP contribution in [0.25, 0.3) is 0 Å². The van der Waals surface area contributed by atoms with E-state index in [1.165, 1.54) is 4.88 Å². The van der Waals surface area contributed by atoms with E-state index in [9.17, 15) is 5.11 Å². The van der Waals surface area contributed by atoms with Crippen molar-refractivity contribution in [1.82, 2.24) is 0 Å². The lowest BCUT2D eigenvalue weighted by Crippen LogP contribution is -2.11. The van der Waals surface area contributed by atoms with Gasteiger partial charge < -0.3 is 9.84 Å². The van der Waals surface area contributed by atoms with Crippen molar-refractivity contribution in [2.75, 3.05) is 6.61 Å². The average molecular weight is 325 g/mol. The minimum Gasteiger partial charge on any atom is -0.493 e. The third kappa shape index (κ3) is 1.98. The lowest BCUT2D eigenvalue weighted by Gasteiger charge is -2.15. The number of para-hydroxylation sites is 1. The number of hydrogen-bond donors (Lipinski definition) is 1. The molecule has 0 spiro atoms. The van der Waals surface area contributed by atoms with Gasteiger partial charge in [0.15, 0.2) is 0 Å². The molecule has 1 aliphatic rings. The second-order valence-electron chi connectivity index (χ2n) is 4.45. The lowest BCUT2D eigenvalue weighted by atomic mass is 9.94. The predicted molar refractivity (Wildman–Crippen MR) is 76.4 cm³/mol. The van der Waals surface area contributed by atoms with Gasteiger partial charge in [0, 0.05) is 19.8 Å². The van der Waals surface area contributed by atoms with E-state index in [0.717, 1.165) is 20.7 Å². The summed E-state index contributed by atoms with van der Waals surface area (Å²) in [6, 6.07) is 9.94. The van der Waals surface area contributed by atoms with Gasteiger partial charge in [0.25, 0.3) is 0 Å². The van der Waals surface area contributed by atoms with E-state index >= 15 is 0 Å². The zero-order chi connectivity index (χ0) is 12.7. The van der Waals surface area contributed by atoms with Crippen molar-refractivity contribution in [3.8, 4) is 5.75 Å². The predicted octanol–water partition coefficient (Wildman–Crippen LogP) is 4.03. The van der Waals surface area contributed by atoms with E-state index < -0.39 is 6.10 Å². The number of hydrogen-bond acceptors (Lipinski definition) is 3. The number of aryl methyl sites for hydroxylation is 1. The molecule has 2 aromatic rings. The molecule has 0 radical (unpaired) electrons. The highest BCUT2D eigenvalue weighted by atomic mass is 79.9. The van der Waals surface area contributed by atoms with Gasteiger partial charge in [0.2, 0.25) is 0 Å². The Morgan fingerprint density at radius 1 is 1.44 bits per heavy atom. The van der Waals surface area contributed by atoms with Gasteiger partial charge in [-0.1, -0.05) is 18.2 Å². The number of fused-ring (bicyclic) bond motifs is 1. The minimum absolute atomic E-state index is 0.0335. The van der Waals surface area contributed by atoms with Crippen LogP contribution in [0.15, 0.2) is 34.8 Å². The molecule has 3 rings (SSSR count). The second-order valence-corrected chi connectivity index (χ2v) is 6.60. The maximum absolute atomic E-state index is 10.5. The van der Waals surface area contributed by atoms with Crippen molar-refractivity contribution in [1.29, 1.82) is 0 Å². The smallest absolute Gasteiger partial charge is 0.123 e. The first-order chi connectivity index (χ1) is 8.66. The SMILES string of the molecule is Cc1sc(C(O)C2COc3ccccc32)cc1Br. The van der Waals surface area contributed by atoms with E-state index in [0.29, 0.717) is 6.61 Å². The summed E-state index contributed by atoms with van der Waals surface area (Å²) in [4.78, 5) is 2.18. The maximum Gasteiger partial charge on any atom is 0.123 e. The number of aliphatic hydroxyl groups excluding tert-OH is 1. The molecule has 2 atom stereocenters. The summed E-state index contributed by atoms with van der Waals surface area (Å²) in [5.74, 6) is 0.931. The highest BCUT2D eigenvalue weighted by Gasteiger charge is 2.31. The van der Waals surface area contributed by atoms with Crippen LogP contribution in [0.2, 0.25) is 0 Å². The molecule has 2 nitrogen and oxygen atoms in total. The standard InChI is InChI=1S/C14H13BrO2S/c1-8-11(15)6-13(18-8)14(16)10-7-17-12-5-3-2-4-9(10)12/h2-6,10,14,16H,7H2,1H3. The molecule has 0 aliphatic carbocycles. The van der Waals surface area contributed by atoms with Gasteiger partial charge in [0.05, 0.1) is 18.6 Å². The molecule has 1 aromatic heterocycles. The van der Waals surface area contributed by atoms with Crippen molar-refractivity contribution in [2.24, 2.45) is 0 Å². The Bertz CT molecular complexity index is 559. The number of aliphatic hydroxyl groups is 1. The number of thiophene rings is 1. The topological polar surface area (TPSA) is 29.5 Å². The van der Waals surface area contributed by atoms with Gasteiger partial charge in [-0.05, 0) is 35.0 Å². The van der Waals surface area contributed by atoms with Crippen LogP contribution in [0.4, 0.5) is 0 Å². The summed E-state index contributed by atoms with van der Waals surface area (Å²) in [5.41, 5.74) is 1.10. The van der Waals surface area contributed by atoms with Crippen molar-refractivity contribution < 1.29 is 9.84 Å². The summed E-state index contributed by atoms with van der Waals surface area (Å²) < 4.78 is 6.69. The lowest BCUT2D eigenvalue weighted by molar-refractivity contribution is 0.133. The molecular weight excluding hydrogens is 312 g/mol. The molecular formula is C14H13BrO2S. The Hall–Kier alpha value is -0.840. The number of ether oxygens (including phenoxy) is 1. The normalized spacial score (nSPS) is 19.4. The molecule has 1 aromatic carbocycles. The molecule has 0 bridgehead atoms. The Morgan fingerprint density at radius 3 is 2.94 bits per heavy atom. The Balaban J connectivity index is 1.92. The summed E-state index contributed by atoms with van der Waals surface area (Å²) in [5, 5.41) is 10.5. The number of halogens is 1. The maximum atomic E-state index is 10.5. The number of benzene rings is 1. The molecule has 4 heteroatoms. The van der Waals surface area contributed by atoms with E-state index in [4.69, 9.17) is 4.74 Å². The molecule has 18 heavy (non-hydrogen) atoms. The molecule has 1 aliphatic heterocycles. The zero-order valence-electron chi connectivity index (χ0n) is 9.89. The van der Waals surface area contributed by atoms with Crippen molar-refractivity contribution >= 4 is 27.3 Å². The van der Waals surface area contributed by atoms with Gasteiger partial charge in [-0.25, -0.2) is 0 Å². The summed E-state index contributed by atoms with van der Waals surface area (Å²) in [6.07, 6.45) is -0.497. The minimum atomic E-state index is -0.497. The van der Waals surface area contributed by atoms with Gasteiger partial charge >= 0.3 is 0 Å². The summed E-state index contributed by atoms with van der Waals surface area (Å²) in [6.45, 7) is 2.60. The molecule has 0 amide bonds. The molecule has 94 valence electrons. The van der Waals surface area contributed by atoms with Crippen molar-refractivity contribution in [3.63, 3.8) is 0 Å². The van der Waals surface area contributed by atoms with E-state index in [1.54, 1.807) is 11.3 Å². The van der Waals surface area contributed by atoms with Gasteiger partial charge in [-0.15, -0.1) is 11.3 Å². The Morgan fingerprint density at radius 2 is 2.22 bits per heavy atom. The van der Waals surface area contributed by atoms with Gasteiger partial charge in [0.1, 0.15) is 5.75 Å². The molecule has 0 saturated heterocycles. The Labute approximate surface area is 118 Å². The largest absolute Gasteiger partial charge is 0.493 e. The zero-order valence-corrected chi connectivity index (χ0v) is 12.3. The van der Waals surface area contributed by atoms with E-state index in [2.05, 4.69) is 15.9 Å². The summed E-state index contributed by atoms with van der Waals surface area (Å²) in [7, 11) is 0. The fourth-order valence-corrected chi connectivity index (χ4v) is 3.89. The quantitative estimate of drug-likeness (QED) is 0.903. The second kappa shape index (κ2) is 4.68. The van der Waals surface area contributed by atoms with E-state index in [-0.39, 0.29) is 5.92 Å². The third-order valence-corrected chi connectivity index (χ3v) is 5.49. The fourth-order valence-electron chi connectivity index (χ4n) is 2.27. The van der Waals surface area contributed by atoms with Crippen LogP contribution < -0.4 is 4.74 Å². The average Bonchev–Trinajstić information content (AvgIpc) is 2.93. The van der Waals surface area contributed by atoms with Crippen LogP contribution in [0.5, 0.6) is 5.75 Å². The van der Waals surface area contributed by atoms with Crippen molar-refractivity contribution in [2.45, 2.75) is 18.9 Å². The number of rotatable bonds is 2. The van der Waals surface area contributed by atoms with Crippen molar-refractivity contribution in [3.05, 3.63) is 50.1 Å². The van der Waals surface area contributed by atoms with E-state index in [1.807, 2.05) is 37.3 Å². The molecule has 2 heterocycles. The van der Waals surface area contributed by atoms with Crippen LogP contribution >= 0.6 is 27.3 Å². The molecule has 0 fully saturated rings. The van der Waals surface area contributed by atoms with Gasteiger partial charge in [-0.2, -0.15) is 0 Å². The van der Waals surface area contributed by atoms with Crippen LogP contribution in [0.1, 0.15) is 27.3 Å². The molecule has 1 N–H and O–H groups in total. The highest BCUT2D eigenvalue weighted by molar-refractivity contribution is 9.10. The molecule has 0 saturated carbocycles. The first kappa shape index (κ1) is 12.2. The van der Waals surface area contributed by atoms with Crippen LogP contribution in [0.3, 0.4) is 0 Å². The summed E-state index contributed by atoms with van der Waals surface area (Å²) >= 11 is 5.12. The molecule has 2 unspecified atom stereocenters. The monoisotopic (exact) mass is 324 g/mol. The highest BCUT2D eigenvalue weighted by Crippen LogP contribution is 2.43. The fraction of sp³-hybridized carbons (Fsp3) is 0.286. The Kier molecular flexibility index (Phi) is 3.18. The van der Waals surface area contributed by atoms with Gasteiger partial charge in [-0.3, -0.25) is 0 Å².